The Kier molecular flexibility index (Phi) is 8.84. The number of hydrogen-bond donors (Lipinski definition) is 2. The van der Waals surface area contributed by atoms with Gasteiger partial charge in [0.15, 0.2) is 0 Å². The second-order valence-electron chi connectivity index (χ2n) is 5.55. The van der Waals surface area contributed by atoms with Gasteiger partial charge in [-0.05, 0) is 39.2 Å². The molecule has 1 amide bonds. The Hall–Kier alpha value is -0.610. The predicted molar refractivity (Wildman–Crippen MR) is 78.1 cm³/mol. The third kappa shape index (κ3) is 6.92. The zero-order chi connectivity index (χ0) is 13.9. The van der Waals surface area contributed by atoms with Crippen LogP contribution in [0.4, 0.5) is 0 Å². The summed E-state index contributed by atoms with van der Waals surface area (Å²) in [6.07, 6.45) is 9.00. The third-order valence-corrected chi connectivity index (χ3v) is 3.82. The molecular formula is C15H30N2O2. The first-order chi connectivity index (χ1) is 9.25. The normalized spacial score (nSPS) is 18.1. The van der Waals surface area contributed by atoms with E-state index in [0.717, 1.165) is 58.2 Å². The van der Waals surface area contributed by atoms with Crippen LogP contribution in [-0.4, -0.2) is 48.2 Å². The number of carbonyl (C=O) groups excluding carboxylic acids is 1. The molecule has 0 aliphatic carbocycles. The van der Waals surface area contributed by atoms with Crippen LogP contribution in [0.25, 0.3) is 0 Å². The zero-order valence-corrected chi connectivity index (χ0v) is 12.4. The molecule has 0 aromatic heterocycles. The van der Waals surface area contributed by atoms with E-state index in [2.05, 4.69) is 5.32 Å². The van der Waals surface area contributed by atoms with Crippen molar-refractivity contribution in [2.75, 3.05) is 26.2 Å². The maximum Gasteiger partial charge on any atom is 0.239 e. The van der Waals surface area contributed by atoms with E-state index in [4.69, 9.17) is 5.11 Å². The molecule has 0 aromatic rings. The molecule has 0 saturated carbocycles. The summed E-state index contributed by atoms with van der Waals surface area (Å²) in [6.45, 7) is 5.02. The summed E-state index contributed by atoms with van der Waals surface area (Å²) < 4.78 is 0. The van der Waals surface area contributed by atoms with Crippen molar-refractivity contribution in [3.63, 3.8) is 0 Å². The molecular weight excluding hydrogens is 240 g/mol. The lowest BCUT2D eigenvalue weighted by Crippen LogP contribution is -2.45. The molecule has 1 aliphatic heterocycles. The van der Waals surface area contributed by atoms with Crippen molar-refractivity contribution >= 4 is 5.91 Å². The molecule has 2 N–H and O–H groups in total. The average molecular weight is 270 g/mol. The number of aliphatic hydroxyl groups is 1. The lowest BCUT2D eigenvalue weighted by molar-refractivity contribution is -0.133. The zero-order valence-electron chi connectivity index (χ0n) is 12.4. The highest BCUT2D eigenvalue weighted by atomic mass is 16.2. The molecule has 1 rings (SSSR count). The fourth-order valence-corrected chi connectivity index (χ4v) is 2.56. The minimum Gasteiger partial charge on any atom is -0.396 e. The van der Waals surface area contributed by atoms with Gasteiger partial charge in [-0.25, -0.2) is 0 Å². The second-order valence-corrected chi connectivity index (χ2v) is 5.55. The number of nitrogens with one attached hydrogen (secondary N) is 1. The largest absolute Gasteiger partial charge is 0.396 e. The van der Waals surface area contributed by atoms with E-state index in [1.165, 1.54) is 12.8 Å². The summed E-state index contributed by atoms with van der Waals surface area (Å²) in [5.74, 6) is 0.261. The van der Waals surface area contributed by atoms with E-state index < -0.39 is 0 Å². The summed E-state index contributed by atoms with van der Waals surface area (Å²) in [4.78, 5) is 14.3. The highest BCUT2D eigenvalue weighted by Crippen LogP contribution is 2.10. The Balaban J connectivity index is 2.13. The van der Waals surface area contributed by atoms with E-state index >= 15 is 0 Å². The van der Waals surface area contributed by atoms with Crippen molar-refractivity contribution in [2.45, 2.75) is 64.3 Å². The number of nitrogens with zero attached hydrogens (tertiary/aromatic N) is 1. The van der Waals surface area contributed by atoms with Crippen LogP contribution in [0.15, 0.2) is 0 Å². The molecule has 0 radical (unpaired) electrons. The van der Waals surface area contributed by atoms with E-state index in [0.29, 0.717) is 0 Å². The van der Waals surface area contributed by atoms with Crippen molar-refractivity contribution in [1.82, 2.24) is 10.2 Å². The molecule has 0 aromatic carbocycles. The molecule has 4 heteroatoms. The van der Waals surface area contributed by atoms with Crippen molar-refractivity contribution in [2.24, 2.45) is 0 Å². The number of aliphatic hydroxyl groups excluding tert-OH is 1. The number of amides is 1. The first-order valence-corrected chi connectivity index (χ1v) is 7.88. The highest BCUT2D eigenvalue weighted by Gasteiger charge is 2.20. The molecule has 0 spiro atoms. The van der Waals surface area contributed by atoms with Crippen molar-refractivity contribution < 1.29 is 9.90 Å². The summed E-state index contributed by atoms with van der Waals surface area (Å²) in [5.41, 5.74) is 0. The van der Waals surface area contributed by atoms with Crippen molar-refractivity contribution in [3.8, 4) is 0 Å². The topological polar surface area (TPSA) is 52.6 Å². The van der Waals surface area contributed by atoms with Gasteiger partial charge in [0.05, 0.1) is 6.04 Å². The van der Waals surface area contributed by atoms with E-state index in [-0.39, 0.29) is 18.6 Å². The molecule has 1 saturated heterocycles. The standard InChI is InChI=1S/C15H30N2O2/c1-14(16-10-6-2-5-9-13-18)15(19)17-11-7-3-4-8-12-17/h14,16,18H,2-13H2,1H3. The van der Waals surface area contributed by atoms with Gasteiger partial charge in [0, 0.05) is 19.7 Å². The Morgan fingerprint density at radius 2 is 1.74 bits per heavy atom. The van der Waals surface area contributed by atoms with Crippen LogP contribution < -0.4 is 5.32 Å². The quantitative estimate of drug-likeness (QED) is 0.663. The van der Waals surface area contributed by atoms with Crippen molar-refractivity contribution in [3.05, 3.63) is 0 Å². The van der Waals surface area contributed by atoms with E-state index in [1.54, 1.807) is 0 Å². The van der Waals surface area contributed by atoms with Crippen molar-refractivity contribution in [1.29, 1.82) is 0 Å². The maximum atomic E-state index is 12.2. The van der Waals surface area contributed by atoms with Gasteiger partial charge in [-0.2, -0.15) is 0 Å². The number of unbranched alkanes of at least 4 members (excludes halogenated alkanes) is 3. The fourth-order valence-electron chi connectivity index (χ4n) is 2.56. The average Bonchev–Trinajstić information content (AvgIpc) is 2.70. The number of rotatable bonds is 8. The Bertz CT molecular complexity index is 238. The van der Waals surface area contributed by atoms with Gasteiger partial charge < -0.3 is 15.3 Å². The molecule has 1 fully saturated rings. The second kappa shape index (κ2) is 10.2. The minimum absolute atomic E-state index is 0.0593. The first-order valence-electron chi connectivity index (χ1n) is 7.88. The molecule has 1 heterocycles. The summed E-state index contributed by atoms with van der Waals surface area (Å²) in [5, 5.41) is 12.0. The van der Waals surface area contributed by atoms with Gasteiger partial charge in [-0.15, -0.1) is 0 Å². The fraction of sp³-hybridized carbons (Fsp3) is 0.933. The molecule has 4 nitrogen and oxygen atoms in total. The van der Waals surface area contributed by atoms with Crippen LogP contribution in [0.2, 0.25) is 0 Å². The maximum absolute atomic E-state index is 12.2. The molecule has 0 bridgehead atoms. The Morgan fingerprint density at radius 1 is 1.11 bits per heavy atom. The molecule has 1 atom stereocenters. The third-order valence-electron chi connectivity index (χ3n) is 3.82. The van der Waals surface area contributed by atoms with E-state index in [9.17, 15) is 4.79 Å². The van der Waals surface area contributed by atoms with Gasteiger partial charge in [-0.3, -0.25) is 4.79 Å². The monoisotopic (exact) mass is 270 g/mol. The number of hydrogen-bond acceptors (Lipinski definition) is 3. The van der Waals surface area contributed by atoms with Gasteiger partial charge >= 0.3 is 0 Å². The van der Waals surface area contributed by atoms with E-state index in [1.807, 2.05) is 11.8 Å². The van der Waals surface area contributed by atoms with Gasteiger partial charge in [0.25, 0.3) is 0 Å². The number of carbonyl (C=O) groups is 1. The van der Waals surface area contributed by atoms with Crippen LogP contribution in [0, 0.1) is 0 Å². The summed E-state index contributed by atoms with van der Waals surface area (Å²) in [7, 11) is 0. The predicted octanol–water partition coefficient (Wildman–Crippen LogP) is 1.92. The van der Waals surface area contributed by atoms with Crippen LogP contribution in [0.3, 0.4) is 0 Å². The lowest BCUT2D eigenvalue weighted by Gasteiger charge is -2.24. The molecule has 1 aliphatic rings. The highest BCUT2D eigenvalue weighted by molar-refractivity contribution is 5.81. The van der Waals surface area contributed by atoms with Crippen LogP contribution in [0.1, 0.15) is 58.3 Å². The molecule has 19 heavy (non-hydrogen) atoms. The van der Waals surface area contributed by atoms with Gasteiger partial charge in [-0.1, -0.05) is 25.7 Å². The summed E-state index contributed by atoms with van der Waals surface area (Å²) in [6, 6.07) is -0.0593. The van der Waals surface area contributed by atoms with Crippen LogP contribution in [0.5, 0.6) is 0 Å². The van der Waals surface area contributed by atoms with Gasteiger partial charge in [0.1, 0.15) is 0 Å². The van der Waals surface area contributed by atoms with Crippen LogP contribution >= 0.6 is 0 Å². The summed E-state index contributed by atoms with van der Waals surface area (Å²) >= 11 is 0. The molecule has 1 unspecified atom stereocenters. The minimum atomic E-state index is -0.0593. The SMILES string of the molecule is CC(NCCCCCCO)C(=O)N1CCCCCC1. The van der Waals surface area contributed by atoms with Gasteiger partial charge in [0.2, 0.25) is 5.91 Å². The number of likely N-dealkylation sites (tertiary alicyclic amines) is 1. The Labute approximate surface area is 117 Å². The van der Waals surface area contributed by atoms with Crippen LogP contribution in [-0.2, 0) is 4.79 Å². The first kappa shape index (κ1) is 16.4. The smallest absolute Gasteiger partial charge is 0.239 e. The molecule has 112 valence electrons. The lowest BCUT2D eigenvalue weighted by atomic mass is 10.2. The Morgan fingerprint density at radius 3 is 2.37 bits per heavy atom.